The number of carbonyl (C=O) groups is 1. The lowest BCUT2D eigenvalue weighted by Crippen LogP contribution is -2.27. The number of aromatic nitrogens is 2. The first-order valence-electron chi connectivity index (χ1n) is 7.41. The third kappa shape index (κ3) is 4.05. The SMILES string of the molecule is Cc1ccc(Nc2ccc(NC(=O)C3CCCO3)nn2)c(Br)c1. The van der Waals surface area contributed by atoms with Gasteiger partial charge in [0, 0.05) is 11.1 Å². The summed E-state index contributed by atoms with van der Waals surface area (Å²) in [5, 5.41) is 14.0. The van der Waals surface area contributed by atoms with Gasteiger partial charge in [0.05, 0.1) is 5.69 Å². The monoisotopic (exact) mass is 376 g/mol. The van der Waals surface area contributed by atoms with Crippen molar-refractivity contribution in [2.45, 2.75) is 25.9 Å². The molecule has 1 saturated heterocycles. The van der Waals surface area contributed by atoms with Gasteiger partial charge in [0.25, 0.3) is 5.91 Å². The van der Waals surface area contributed by atoms with E-state index in [9.17, 15) is 4.79 Å². The Balaban J connectivity index is 1.63. The lowest BCUT2D eigenvalue weighted by atomic mass is 10.2. The maximum atomic E-state index is 11.9. The fourth-order valence-electron chi connectivity index (χ4n) is 2.32. The maximum Gasteiger partial charge on any atom is 0.254 e. The number of aryl methyl sites for hydroxylation is 1. The molecule has 1 unspecified atom stereocenters. The molecule has 1 atom stereocenters. The van der Waals surface area contributed by atoms with Crippen molar-refractivity contribution in [3.8, 4) is 0 Å². The van der Waals surface area contributed by atoms with Gasteiger partial charge < -0.3 is 15.4 Å². The molecule has 6 nitrogen and oxygen atoms in total. The molecule has 2 heterocycles. The highest BCUT2D eigenvalue weighted by molar-refractivity contribution is 9.10. The largest absolute Gasteiger partial charge is 0.368 e. The van der Waals surface area contributed by atoms with Crippen molar-refractivity contribution in [2.75, 3.05) is 17.2 Å². The first-order chi connectivity index (χ1) is 11.1. The Morgan fingerprint density at radius 1 is 1.26 bits per heavy atom. The lowest BCUT2D eigenvalue weighted by Gasteiger charge is -2.10. The standard InChI is InChI=1S/C16H17BrN4O2/c1-10-4-5-12(11(17)9-10)18-14-6-7-15(21-20-14)19-16(22)13-3-2-8-23-13/h4-7,9,13H,2-3,8H2,1H3,(H,18,20)(H,19,21,22). The summed E-state index contributed by atoms with van der Waals surface area (Å²) in [6.45, 7) is 2.66. The van der Waals surface area contributed by atoms with Crippen molar-refractivity contribution in [3.63, 3.8) is 0 Å². The summed E-state index contributed by atoms with van der Waals surface area (Å²) in [4.78, 5) is 11.9. The summed E-state index contributed by atoms with van der Waals surface area (Å²) in [6.07, 6.45) is 1.29. The summed E-state index contributed by atoms with van der Waals surface area (Å²) >= 11 is 3.51. The summed E-state index contributed by atoms with van der Waals surface area (Å²) < 4.78 is 6.29. The van der Waals surface area contributed by atoms with Gasteiger partial charge in [-0.15, -0.1) is 10.2 Å². The van der Waals surface area contributed by atoms with E-state index in [4.69, 9.17) is 4.74 Å². The Morgan fingerprint density at radius 2 is 2.04 bits per heavy atom. The predicted octanol–water partition coefficient (Wildman–Crippen LogP) is 3.41. The Morgan fingerprint density at radius 3 is 2.70 bits per heavy atom. The zero-order valence-corrected chi connectivity index (χ0v) is 14.3. The van der Waals surface area contributed by atoms with Crippen molar-refractivity contribution in [2.24, 2.45) is 0 Å². The summed E-state index contributed by atoms with van der Waals surface area (Å²) in [6, 6.07) is 9.48. The number of nitrogens with one attached hydrogen (secondary N) is 2. The highest BCUT2D eigenvalue weighted by Crippen LogP contribution is 2.26. The second kappa shape index (κ2) is 7.06. The van der Waals surface area contributed by atoms with Crippen LogP contribution in [0.1, 0.15) is 18.4 Å². The zero-order valence-electron chi connectivity index (χ0n) is 12.7. The van der Waals surface area contributed by atoms with Crippen LogP contribution in [0.5, 0.6) is 0 Å². The molecule has 23 heavy (non-hydrogen) atoms. The van der Waals surface area contributed by atoms with Crippen molar-refractivity contribution in [3.05, 3.63) is 40.4 Å². The molecular formula is C16H17BrN4O2. The summed E-state index contributed by atoms with van der Waals surface area (Å²) in [5.74, 6) is 0.850. The zero-order chi connectivity index (χ0) is 16.2. The van der Waals surface area contributed by atoms with Crippen LogP contribution in [0.25, 0.3) is 0 Å². The molecule has 0 saturated carbocycles. The first kappa shape index (κ1) is 15.9. The number of benzene rings is 1. The van der Waals surface area contributed by atoms with Crippen LogP contribution in [0.4, 0.5) is 17.3 Å². The van der Waals surface area contributed by atoms with E-state index in [2.05, 4.69) is 36.8 Å². The molecule has 1 aliphatic heterocycles. The third-order valence-electron chi connectivity index (χ3n) is 3.53. The van der Waals surface area contributed by atoms with Gasteiger partial charge in [-0.05, 0) is 65.5 Å². The molecule has 1 fully saturated rings. The number of rotatable bonds is 4. The fraction of sp³-hybridized carbons (Fsp3) is 0.312. The second-order valence-corrected chi connectivity index (χ2v) is 6.26. The van der Waals surface area contributed by atoms with Crippen LogP contribution in [-0.4, -0.2) is 28.8 Å². The van der Waals surface area contributed by atoms with E-state index in [1.165, 1.54) is 5.56 Å². The molecule has 1 aliphatic rings. The van der Waals surface area contributed by atoms with E-state index in [1.807, 2.05) is 25.1 Å². The van der Waals surface area contributed by atoms with Gasteiger partial charge >= 0.3 is 0 Å². The van der Waals surface area contributed by atoms with Gasteiger partial charge in [-0.1, -0.05) is 6.07 Å². The molecule has 2 aromatic rings. The predicted molar refractivity (Wildman–Crippen MR) is 91.8 cm³/mol. The number of ether oxygens (including phenoxy) is 1. The number of hydrogen-bond donors (Lipinski definition) is 2. The minimum absolute atomic E-state index is 0.168. The normalized spacial score (nSPS) is 17.0. The molecule has 1 aromatic carbocycles. The molecule has 1 amide bonds. The van der Waals surface area contributed by atoms with Gasteiger partial charge in [0.2, 0.25) is 0 Å². The summed E-state index contributed by atoms with van der Waals surface area (Å²) in [7, 11) is 0. The molecule has 0 bridgehead atoms. The minimum atomic E-state index is -0.377. The van der Waals surface area contributed by atoms with E-state index in [0.29, 0.717) is 18.2 Å². The van der Waals surface area contributed by atoms with Gasteiger partial charge in [-0.25, -0.2) is 0 Å². The van der Waals surface area contributed by atoms with Crippen molar-refractivity contribution >= 4 is 39.2 Å². The van der Waals surface area contributed by atoms with Gasteiger partial charge in [0.1, 0.15) is 6.10 Å². The minimum Gasteiger partial charge on any atom is -0.368 e. The number of hydrogen-bond acceptors (Lipinski definition) is 5. The van der Waals surface area contributed by atoms with Crippen LogP contribution >= 0.6 is 15.9 Å². The topological polar surface area (TPSA) is 76.1 Å². The molecule has 120 valence electrons. The quantitative estimate of drug-likeness (QED) is 0.854. The molecule has 0 spiro atoms. The van der Waals surface area contributed by atoms with Crippen LogP contribution in [0, 0.1) is 6.92 Å². The van der Waals surface area contributed by atoms with Crippen LogP contribution in [0.2, 0.25) is 0 Å². The third-order valence-corrected chi connectivity index (χ3v) is 4.18. The fourth-order valence-corrected chi connectivity index (χ4v) is 2.91. The van der Waals surface area contributed by atoms with Crippen molar-refractivity contribution < 1.29 is 9.53 Å². The van der Waals surface area contributed by atoms with E-state index in [0.717, 1.165) is 23.0 Å². The first-order valence-corrected chi connectivity index (χ1v) is 8.20. The highest BCUT2D eigenvalue weighted by Gasteiger charge is 2.23. The molecule has 7 heteroatoms. The molecular weight excluding hydrogens is 360 g/mol. The lowest BCUT2D eigenvalue weighted by molar-refractivity contribution is -0.124. The molecule has 3 rings (SSSR count). The number of amides is 1. The van der Waals surface area contributed by atoms with Crippen LogP contribution in [-0.2, 0) is 9.53 Å². The Bertz CT molecular complexity index is 700. The second-order valence-electron chi connectivity index (χ2n) is 5.40. The van der Waals surface area contributed by atoms with Gasteiger partial charge in [-0.2, -0.15) is 0 Å². The van der Waals surface area contributed by atoms with Crippen molar-refractivity contribution in [1.29, 1.82) is 0 Å². The van der Waals surface area contributed by atoms with Gasteiger partial charge in [0.15, 0.2) is 11.6 Å². The van der Waals surface area contributed by atoms with E-state index < -0.39 is 0 Å². The van der Waals surface area contributed by atoms with Crippen molar-refractivity contribution in [1.82, 2.24) is 10.2 Å². The Labute approximate surface area is 142 Å². The Hall–Kier alpha value is -1.99. The Kier molecular flexibility index (Phi) is 4.88. The average Bonchev–Trinajstić information content (AvgIpc) is 3.06. The number of carbonyl (C=O) groups excluding carboxylic acids is 1. The number of nitrogens with zero attached hydrogens (tertiary/aromatic N) is 2. The highest BCUT2D eigenvalue weighted by atomic mass is 79.9. The van der Waals surface area contributed by atoms with Gasteiger partial charge in [-0.3, -0.25) is 4.79 Å². The molecule has 0 aliphatic carbocycles. The van der Waals surface area contributed by atoms with Crippen LogP contribution < -0.4 is 10.6 Å². The molecule has 0 radical (unpaired) electrons. The smallest absolute Gasteiger partial charge is 0.254 e. The number of halogens is 1. The van der Waals surface area contributed by atoms with E-state index >= 15 is 0 Å². The maximum absolute atomic E-state index is 11.9. The summed E-state index contributed by atoms with van der Waals surface area (Å²) in [5.41, 5.74) is 2.07. The molecule has 1 aromatic heterocycles. The molecule has 2 N–H and O–H groups in total. The van der Waals surface area contributed by atoms with E-state index in [-0.39, 0.29) is 12.0 Å². The van der Waals surface area contributed by atoms with E-state index in [1.54, 1.807) is 12.1 Å². The van der Waals surface area contributed by atoms with Crippen LogP contribution in [0.3, 0.4) is 0 Å². The van der Waals surface area contributed by atoms with Crippen LogP contribution in [0.15, 0.2) is 34.8 Å². The average molecular weight is 377 g/mol. The number of anilines is 3.